The van der Waals surface area contributed by atoms with Crippen molar-refractivity contribution < 1.29 is 173 Å². The Morgan fingerprint density at radius 2 is 0.714 bits per heavy atom. The largest absolute Gasteiger partial charge is 1.00 e. The number of hydrazone groups is 2. The van der Waals surface area contributed by atoms with Crippen LogP contribution in [0, 0.1) is 0 Å². The molecule has 0 heterocycles. The molecule has 0 unspecified atom stereocenters. The number of carbonyl (C=O) groups excluding carboxylic acids is 3. The van der Waals surface area contributed by atoms with E-state index >= 15 is 0 Å². The van der Waals surface area contributed by atoms with E-state index in [1.165, 1.54) is 12.1 Å². The van der Waals surface area contributed by atoms with Gasteiger partial charge in [0.05, 0.1) is 43.9 Å². The van der Waals surface area contributed by atoms with E-state index in [0.29, 0.717) is 0 Å². The SMILES string of the molecule is O=C(Nc1ccc2c(c1)C=C(S(=O)(=O)O)/C(=N\Nc1ccc(N=Nc3ccc(S(=O)(=O)O)cc3)cc1S(=O)(=O)O)C2=O)Nc1ccc2c(c1)C=C(S(=O)(=O)O)/C(=N\Nc1ccc(N=Nc3ccc(S(=O)(=O)O)cc3)cc1S(=O)(=O)O)C2=O.[K+].[Na+]. The summed E-state index contributed by atoms with van der Waals surface area (Å²) in [5.74, 6) is -2.30. The van der Waals surface area contributed by atoms with Crippen LogP contribution >= 0.6 is 0 Å². The minimum Gasteiger partial charge on any atom is -0.308 e. The minimum atomic E-state index is -5.31. The fourth-order valence-corrected chi connectivity index (χ4v) is 10.9. The Bertz CT molecular complexity index is 4390. The van der Waals surface area contributed by atoms with E-state index in [1.807, 2.05) is 0 Å². The van der Waals surface area contributed by atoms with Crippen LogP contribution in [0.5, 0.6) is 0 Å². The topological polar surface area (TPSA) is 500 Å². The number of nitrogens with one attached hydrogen (secondary N) is 4. The third-order valence-corrected chi connectivity index (χ3v) is 16.3. The molecule has 0 fully saturated rings. The Hall–Kier alpha value is -6.35. The molecule has 2 aliphatic carbocycles. The van der Waals surface area contributed by atoms with Gasteiger partial charge in [-0.25, -0.2) is 4.79 Å². The van der Waals surface area contributed by atoms with E-state index < -0.39 is 130 Å². The Balaban J connectivity index is 0.00000566. The van der Waals surface area contributed by atoms with Gasteiger partial charge in [-0.3, -0.25) is 47.8 Å². The maximum atomic E-state index is 13.7. The van der Waals surface area contributed by atoms with Crippen molar-refractivity contribution >= 4 is 147 Å². The van der Waals surface area contributed by atoms with Crippen molar-refractivity contribution in [2.24, 2.45) is 30.7 Å². The second-order valence-corrected chi connectivity index (χ2v) is 25.0. The third-order valence-electron chi connectivity index (χ3n) is 11.0. The number of ketones is 2. The molecule has 0 saturated heterocycles. The van der Waals surface area contributed by atoms with Gasteiger partial charge in [0.15, 0.2) is 11.4 Å². The Labute approximate surface area is 539 Å². The number of amides is 2. The fourth-order valence-electron chi connectivity index (χ4n) is 7.32. The molecular weight excluding hydrogens is 1270 g/mol. The van der Waals surface area contributed by atoms with Crippen LogP contribution in [0.3, 0.4) is 0 Å². The molecule has 6 aromatic carbocycles. The molecule has 0 bridgehead atoms. The summed E-state index contributed by atoms with van der Waals surface area (Å²) in [4.78, 5) is 35.8. The van der Waals surface area contributed by atoms with Crippen LogP contribution in [0.25, 0.3) is 12.2 Å². The van der Waals surface area contributed by atoms with Crippen molar-refractivity contribution in [2.45, 2.75) is 19.6 Å². The standard InChI is InChI=1S/C45H32N10O21S6.K.Na/c56-43-33-13-5-27(17-23(33)19-39(81(71,72)73)41(43)54-52-35-15-7-29(21-37(35)79(65,66)67)50-48-25-1-9-31(10-2-25)77(59,60)61)46-45(58)47-28-6-14-34-24(18-28)20-40(82(74,75)76)42(44(34)57)55-53-36-16-8-30(22-38(36)80(68,69)70)51-49-26-3-11-32(12-4-26)78(62,63)64;;/h1-22,52-53H,(H2,46,47,58)(H,59,60,61)(H,62,63,64)(H,65,66,67)(H,68,69,70)(H,71,72,73)(H,74,75,76);;/q;2*+1/b50-48?,51-49?,54-41+,55-42+;;. The zero-order valence-electron chi connectivity index (χ0n) is 42.1. The van der Waals surface area contributed by atoms with Crippen molar-refractivity contribution in [3.8, 4) is 0 Å². The number of nitrogens with zero attached hydrogens (tertiary/aromatic N) is 6. The van der Waals surface area contributed by atoms with Crippen LogP contribution in [0.4, 0.5) is 50.3 Å². The number of carbonyl (C=O) groups is 3. The van der Waals surface area contributed by atoms with Gasteiger partial charge in [0, 0.05) is 22.5 Å². The number of anilines is 4. The van der Waals surface area contributed by atoms with Crippen molar-refractivity contribution in [3.63, 3.8) is 0 Å². The summed E-state index contributed by atoms with van der Waals surface area (Å²) < 4.78 is 204. The normalized spacial score (nSPS) is 14.9. The quantitative estimate of drug-likeness (QED) is 0.0279. The molecule has 0 spiro atoms. The molecule has 0 aromatic heterocycles. The Morgan fingerprint density at radius 3 is 1.02 bits per heavy atom. The molecule has 84 heavy (non-hydrogen) atoms. The molecule has 0 saturated carbocycles. The monoisotopic (exact) mass is 1300 g/mol. The van der Waals surface area contributed by atoms with Gasteiger partial charge >= 0.3 is 87.0 Å². The van der Waals surface area contributed by atoms with Crippen LogP contribution in [0.2, 0.25) is 0 Å². The zero-order valence-corrected chi connectivity index (χ0v) is 52.2. The third kappa shape index (κ3) is 16.1. The molecule has 2 aliphatic rings. The summed E-state index contributed by atoms with van der Waals surface area (Å²) in [6, 6.07) is 20.4. The number of Topliss-reactive ketones (excluding diaryl/α,β-unsaturated/α-hetero) is 2. The van der Waals surface area contributed by atoms with Gasteiger partial charge < -0.3 is 10.6 Å². The molecule has 31 nitrogen and oxygen atoms in total. The van der Waals surface area contributed by atoms with Crippen LogP contribution in [-0.2, 0) is 60.7 Å². The zero-order chi connectivity index (χ0) is 59.9. The number of benzene rings is 6. The van der Waals surface area contributed by atoms with Crippen LogP contribution in [0.1, 0.15) is 31.8 Å². The minimum absolute atomic E-state index is 0. The van der Waals surface area contributed by atoms with Gasteiger partial charge in [0.1, 0.15) is 19.6 Å². The predicted molar refractivity (Wildman–Crippen MR) is 289 cm³/mol. The van der Waals surface area contributed by atoms with E-state index in [2.05, 4.69) is 52.1 Å². The van der Waals surface area contributed by atoms with Crippen LogP contribution in [0.15, 0.2) is 181 Å². The number of azo groups is 2. The average molecular weight is 1300 g/mol. The van der Waals surface area contributed by atoms with E-state index in [-0.39, 0.29) is 137 Å². The number of hydrogen-bond donors (Lipinski definition) is 10. The van der Waals surface area contributed by atoms with E-state index in [0.717, 1.165) is 121 Å². The smallest absolute Gasteiger partial charge is 0.308 e. The first kappa shape index (κ1) is 66.8. The van der Waals surface area contributed by atoms with E-state index in [9.17, 15) is 83.1 Å². The first-order valence-electron chi connectivity index (χ1n) is 21.9. The number of allylic oxidation sites excluding steroid dienone is 2. The molecule has 10 N–H and O–H groups in total. The number of fused-ring (bicyclic) bond motifs is 2. The summed E-state index contributed by atoms with van der Waals surface area (Å²) in [5, 5.41) is 27.6. The summed E-state index contributed by atoms with van der Waals surface area (Å²) in [6.45, 7) is 0. The summed E-state index contributed by atoms with van der Waals surface area (Å²) in [7, 11) is -29.9. The van der Waals surface area contributed by atoms with Gasteiger partial charge in [-0.05, 0) is 145 Å². The van der Waals surface area contributed by atoms with Gasteiger partial charge in [0.25, 0.3) is 60.7 Å². The van der Waals surface area contributed by atoms with E-state index in [4.69, 9.17) is 9.11 Å². The van der Waals surface area contributed by atoms with Gasteiger partial charge in [-0.15, -0.1) is 0 Å². The maximum absolute atomic E-state index is 13.7. The molecule has 2 amide bonds. The molecule has 0 aliphatic heterocycles. The van der Waals surface area contributed by atoms with Crippen molar-refractivity contribution in [3.05, 3.63) is 153 Å². The van der Waals surface area contributed by atoms with Gasteiger partial charge in [-0.2, -0.15) is 81.2 Å². The second-order valence-electron chi connectivity index (χ2n) is 16.6. The first-order chi connectivity index (χ1) is 38.1. The van der Waals surface area contributed by atoms with Crippen LogP contribution in [-0.4, -0.2) is 107 Å². The maximum Gasteiger partial charge on any atom is 1.00 e. The summed E-state index contributed by atoms with van der Waals surface area (Å²) in [6.07, 6.45) is 1.58. The van der Waals surface area contributed by atoms with Crippen LogP contribution < -0.4 is 102 Å². The number of rotatable bonds is 16. The van der Waals surface area contributed by atoms with Gasteiger partial charge in [-0.1, -0.05) is 0 Å². The van der Waals surface area contributed by atoms with Crippen molar-refractivity contribution in [1.82, 2.24) is 0 Å². The van der Waals surface area contributed by atoms with E-state index in [1.54, 1.807) is 0 Å². The molecule has 0 atom stereocenters. The molecule has 8 rings (SSSR count). The van der Waals surface area contributed by atoms with Crippen molar-refractivity contribution in [2.75, 3.05) is 21.5 Å². The van der Waals surface area contributed by atoms with Gasteiger partial charge in [0.2, 0.25) is 11.6 Å². The van der Waals surface area contributed by atoms with Crippen molar-refractivity contribution in [1.29, 1.82) is 0 Å². The summed E-state index contributed by atoms with van der Waals surface area (Å²) >= 11 is 0. The second kappa shape index (κ2) is 25.7. The molecule has 424 valence electrons. The fraction of sp³-hybridized carbons (Fsp3) is 0. The molecule has 6 aromatic rings. The number of hydrogen-bond acceptors (Lipinski definition) is 23. The average Bonchev–Trinajstić information content (AvgIpc) is 2.72. The Morgan fingerprint density at radius 1 is 0.393 bits per heavy atom. The number of urea groups is 1. The molecular formula is C45H32KN10NaO21S6+2. The Kier molecular flexibility index (Phi) is 20.4. The summed E-state index contributed by atoms with van der Waals surface area (Å²) in [5.41, 5.74) is -0.0489. The predicted octanol–water partition coefficient (Wildman–Crippen LogP) is 0.942. The molecule has 0 radical (unpaired) electrons. The molecule has 39 heteroatoms. The first-order valence-corrected chi connectivity index (χ1v) is 30.5.